The minimum Gasteiger partial charge on any atom is -0.464 e. The van der Waals surface area contributed by atoms with E-state index in [0.717, 1.165) is 0 Å². The molecule has 2 N–H and O–H groups in total. The maximum atomic E-state index is 14.9. The number of esters is 1. The molecule has 5 atom stereocenters. The Morgan fingerprint density at radius 2 is 1.77 bits per heavy atom. The highest BCUT2D eigenvalue weighted by Gasteiger charge is 2.47. The lowest BCUT2D eigenvalue weighted by Crippen LogP contribution is -2.67. The highest BCUT2D eigenvalue weighted by Crippen LogP contribution is 2.43. The van der Waals surface area contributed by atoms with Gasteiger partial charge in [0.2, 0.25) is 11.8 Å². The van der Waals surface area contributed by atoms with Gasteiger partial charge in [-0.2, -0.15) is 13.2 Å². The molecule has 2 fully saturated rings. The van der Waals surface area contributed by atoms with Crippen LogP contribution in [0.5, 0.6) is 0 Å². The number of methoxy groups -OCH3 is 1. The number of rotatable bonds is 10. The van der Waals surface area contributed by atoms with Crippen LogP contribution in [0.25, 0.3) is 33.5 Å². The number of cyclic esters (lactones) is 1. The lowest BCUT2D eigenvalue weighted by atomic mass is 9.84. The number of oxazole rings is 1. The third-order valence-electron chi connectivity index (χ3n) is 15.1. The van der Waals surface area contributed by atoms with Gasteiger partial charge in [-0.1, -0.05) is 33.6 Å². The van der Waals surface area contributed by atoms with Crippen LogP contribution in [0.3, 0.4) is 0 Å². The molecule has 4 amide bonds. The van der Waals surface area contributed by atoms with Crippen LogP contribution in [-0.2, 0) is 52.8 Å². The number of hydrogen-bond acceptors (Lipinski definition) is 12. The van der Waals surface area contributed by atoms with E-state index in [2.05, 4.69) is 32.6 Å². The normalized spacial score (nSPS) is 22.4. The molecule has 0 aliphatic carbocycles. The number of nitrogens with one attached hydrogen (secondary N) is 2. The van der Waals surface area contributed by atoms with Gasteiger partial charge in [-0.25, -0.2) is 10.4 Å². The number of hydrogen-bond donors (Lipinski definition) is 2. The average molecular weight is 1080 g/mol. The van der Waals surface area contributed by atoms with E-state index in [1.165, 1.54) is 27.8 Å². The number of carbonyl (C=O) groups is 5. The van der Waals surface area contributed by atoms with Crippen LogP contribution in [0, 0.1) is 23.2 Å². The van der Waals surface area contributed by atoms with Crippen molar-refractivity contribution >= 4 is 61.0 Å². The molecule has 2 saturated heterocycles. The first-order chi connectivity index (χ1) is 35.0. The molecule has 22 heteroatoms. The predicted molar refractivity (Wildman–Crippen MR) is 284 cm³/mol. The number of ether oxygens (including phenoxy) is 2. The van der Waals surface area contributed by atoms with E-state index >= 15 is 0 Å². The Hall–Kier alpha value is -5.87. The van der Waals surface area contributed by atoms with E-state index in [0.29, 0.717) is 75.0 Å². The number of pyridine rings is 1. The molecule has 7 rings (SSSR count). The number of carbonyl (C=O) groups excluding carboxylic acids is 5. The second-order valence-corrected chi connectivity index (χ2v) is 26.4. The second-order valence-electron chi connectivity index (χ2n) is 22.8. The minimum atomic E-state index is -4.62. The van der Waals surface area contributed by atoms with Crippen LogP contribution in [0.4, 0.5) is 13.2 Å². The fourth-order valence-electron chi connectivity index (χ4n) is 10.3. The molecule has 406 valence electrons. The number of likely N-dealkylation sites (N-methyl/N-ethyl adjacent to an activating group) is 1. The summed E-state index contributed by atoms with van der Waals surface area (Å²) in [6.45, 7) is 12.2. The van der Waals surface area contributed by atoms with Crippen molar-refractivity contribution in [3.05, 3.63) is 59.9 Å². The number of hydrazine groups is 1. The first kappa shape index (κ1) is 56.9. The summed E-state index contributed by atoms with van der Waals surface area (Å²) >= 11 is 0. The van der Waals surface area contributed by atoms with Crippen LogP contribution in [0.2, 0.25) is 5.04 Å². The summed E-state index contributed by atoms with van der Waals surface area (Å²) in [5.41, 5.74) is 4.34. The smallest absolute Gasteiger partial charge is 0.406 e. The van der Waals surface area contributed by atoms with Crippen molar-refractivity contribution in [2.24, 2.45) is 11.3 Å². The molecule has 17 nitrogen and oxygen atoms in total. The van der Waals surface area contributed by atoms with Crippen LogP contribution < -0.4 is 10.7 Å². The molecule has 0 radical (unpaired) electrons. The molecule has 1 aromatic carbocycles. The summed E-state index contributed by atoms with van der Waals surface area (Å²) in [5, 5.41) is 2.61. The summed E-state index contributed by atoms with van der Waals surface area (Å²) < 4.78 is 63.6. The molecule has 6 heterocycles. The van der Waals surface area contributed by atoms with Crippen molar-refractivity contribution in [1.82, 2.24) is 45.0 Å². The van der Waals surface area contributed by atoms with Crippen molar-refractivity contribution in [3.8, 4) is 34.4 Å². The van der Waals surface area contributed by atoms with Crippen molar-refractivity contribution in [2.75, 3.05) is 54.5 Å². The molecule has 3 aliphatic heterocycles. The lowest BCUT2D eigenvalue weighted by molar-refractivity contribution is -0.158. The maximum absolute atomic E-state index is 14.9. The Kier molecular flexibility index (Phi) is 16.4. The van der Waals surface area contributed by atoms with Gasteiger partial charge >= 0.3 is 12.1 Å². The summed E-state index contributed by atoms with van der Waals surface area (Å²) in [5.74, 6) is 3.27. The Morgan fingerprint density at radius 3 is 2.44 bits per heavy atom. The van der Waals surface area contributed by atoms with Gasteiger partial charge in [0.25, 0.3) is 11.8 Å². The van der Waals surface area contributed by atoms with E-state index in [1.807, 2.05) is 46.7 Å². The molecular weight excluding hydrogens is 1000 g/mol. The Labute approximate surface area is 442 Å². The zero-order valence-electron chi connectivity index (χ0n) is 45.5. The van der Waals surface area contributed by atoms with Crippen molar-refractivity contribution < 1.29 is 51.0 Å². The Morgan fingerprint density at radius 1 is 1.05 bits per heavy atom. The van der Waals surface area contributed by atoms with Gasteiger partial charge in [-0.3, -0.25) is 38.9 Å². The van der Waals surface area contributed by atoms with E-state index in [9.17, 15) is 37.1 Å². The third kappa shape index (κ3) is 12.2. The lowest BCUT2D eigenvalue weighted by Gasteiger charge is -2.42. The van der Waals surface area contributed by atoms with Crippen LogP contribution in [0.1, 0.15) is 91.0 Å². The van der Waals surface area contributed by atoms with E-state index in [-0.39, 0.29) is 66.2 Å². The first-order valence-electron chi connectivity index (χ1n) is 25.5. The van der Waals surface area contributed by atoms with Gasteiger partial charge < -0.3 is 33.6 Å². The number of aromatic nitrogens is 3. The molecule has 75 heavy (non-hydrogen) atoms. The molecule has 0 spiro atoms. The zero-order valence-corrected chi connectivity index (χ0v) is 49.5. The SMILES string of the molecule is CO[C@@H](C)c1ncccc1-c1c2c3cc(ccc3n1CC(F)(F)F)-c1cnc(o1)C[C@H](NC(=O)[C@H](C(C)C)N(C)C(=O)[C@@]1([SiH3])CCN(C(=O)C#CC(C)(C)N(C)C)C1)C(=O)N1CCC[C@@]([SiH3])(N1)C(=O)OCC(C)(C)C2. The molecular formula is C53H72F3N9O8Si2. The predicted octanol–water partition coefficient (Wildman–Crippen LogP) is 3.55. The third-order valence-corrected chi connectivity index (χ3v) is 17.5. The summed E-state index contributed by atoms with van der Waals surface area (Å²) in [6, 6.07) is 6.06. The first-order valence-corrected chi connectivity index (χ1v) is 27.5. The van der Waals surface area contributed by atoms with E-state index in [4.69, 9.17) is 13.9 Å². The highest BCUT2D eigenvalue weighted by molar-refractivity contribution is 6.29. The van der Waals surface area contributed by atoms with Gasteiger partial charge in [0, 0.05) is 87.9 Å². The topological polar surface area (TPSA) is 185 Å². The Balaban J connectivity index is 1.27. The van der Waals surface area contributed by atoms with Crippen molar-refractivity contribution in [1.29, 1.82) is 0 Å². The molecule has 3 aromatic heterocycles. The van der Waals surface area contributed by atoms with E-state index < -0.39 is 75.8 Å². The number of benzene rings is 1. The highest BCUT2D eigenvalue weighted by atomic mass is 28.1. The monoisotopic (exact) mass is 1080 g/mol. The minimum absolute atomic E-state index is 0.0699. The van der Waals surface area contributed by atoms with Gasteiger partial charge in [-0.05, 0) is 108 Å². The molecule has 0 unspecified atom stereocenters. The quantitative estimate of drug-likeness (QED) is 0.134. The molecule has 3 aliphatic rings. The maximum Gasteiger partial charge on any atom is 0.406 e. The number of alkyl halides is 3. The van der Waals surface area contributed by atoms with Crippen molar-refractivity contribution in [2.45, 2.75) is 127 Å². The summed E-state index contributed by atoms with van der Waals surface area (Å²) in [4.78, 5) is 85.8. The number of halogens is 3. The molecule has 4 aromatic rings. The van der Waals surface area contributed by atoms with Crippen LogP contribution >= 0.6 is 0 Å². The standard InChI is InChI=1S/C53H72F3N9O8Si2/c1-31(2)43(62(10)47(69)51(74)20-23-63(28-51)41(66)17-19-50(6,7)61(8)9)45(67)59-37-25-40-58-27-39(73-40)33-15-16-38-35(24-33)36(26-49(4,5)30-72-48(70)52(75)18-13-22-65(60-52)46(37)68)44(64(38)29-53(54,55)56)34-14-12-21-57-42(34)32(3)71-11/h12,14-16,21,24,27,31-32,37,43,60H,13,18,20,22-23,25-26,28-30H2,1-11,74-75H3,(H,59,67)/t32-,37-,43-,51+,52-/m0/s1. The van der Waals surface area contributed by atoms with E-state index in [1.54, 1.807) is 69.2 Å². The molecule has 6 bridgehead atoms. The number of nitrogens with zero attached hydrogens (tertiary/aromatic N) is 7. The number of likely N-dealkylation sites (tertiary alicyclic amines) is 1. The van der Waals surface area contributed by atoms with Crippen molar-refractivity contribution in [3.63, 3.8) is 0 Å². The fraction of sp³-hybridized carbons (Fsp3) is 0.566. The van der Waals surface area contributed by atoms with Gasteiger partial charge in [0.05, 0.1) is 47.3 Å². The van der Waals surface area contributed by atoms with Gasteiger partial charge in [0.15, 0.2) is 11.7 Å². The second kappa shape index (κ2) is 21.6. The van der Waals surface area contributed by atoms with Gasteiger partial charge in [0.1, 0.15) is 23.8 Å². The Bertz CT molecular complexity index is 2910. The summed E-state index contributed by atoms with van der Waals surface area (Å²) in [7, 11) is 7.42. The number of amides is 4. The molecule has 0 saturated carbocycles. The zero-order chi connectivity index (χ0) is 55.2. The van der Waals surface area contributed by atoms with Crippen LogP contribution in [-0.4, -0.2) is 168 Å². The number of fused-ring (bicyclic) bond motifs is 6. The largest absolute Gasteiger partial charge is 0.464 e. The average Bonchev–Trinajstić information content (AvgIpc) is 4.06. The summed E-state index contributed by atoms with van der Waals surface area (Å²) in [6.07, 6.45) is -1.04. The van der Waals surface area contributed by atoms with Gasteiger partial charge in [-0.15, -0.1) is 0 Å². The van der Waals surface area contributed by atoms with Crippen LogP contribution in [0.15, 0.2) is 47.1 Å². The fourth-order valence-corrected chi connectivity index (χ4v) is 12.0.